The molecular formula is C13H26N2. The van der Waals surface area contributed by atoms with Crippen molar-refractivity contribution in [2.24, 2.45) is 0 Å². The normalized spacial score (nSPS) is 21.9. The lowest BCUT2D eigenvalue weighted by Gasteiger charge is -2.42. The molecule has 0 aliphatic heterocycles. The number of rotatable bonds is 6. The molecule has 0 aromatic heterocycles. The number of nitrogens with one attached hydrogen (secondary N) is 1. The molecule has 88 valence electrons. The predicted octanol–water partition coefficient (Wildman–Crippen LogP) is 2.42. The van der Waals surface area contributed by atoms with Crippen molar-refractivity contribution < 1.29 is 0 Å². The van der Waals surface area contributed by atoms with Crippen LogP contribution in [0.1, 0.15) is 39.0 Å². The maximum absolute atomic E-state index is 4.00. The highest BCUT2D eigenvalue weighted by Gasteiger charge is 2.41. The number of nitrogens with zero attached hydrogens (tertiary/aromatic N) is 1. The Morgan fingerprint density at radius 1 is 1.40 bits per heavy atom. The molecule has 15 heavy (non-hydrogen) atoms. The first-order valence-corrected chi connectivity index (χ1v) is 6.20. The minimum atomic E-state index is 0.316. The second kappa shape index (κ2) is 5.66. The van der Waals surface area contributed by atoms with E-state index in [-0.39, 0.29) is 0 Å². The molecule has 1 fully saturated rings. The van der Waals surface area contributed by atoms with Gasteiger partial charge in [-0.1, -0.05) is 25.8 Å². The fourth-order valence-corrected chi connectivity index (χ4v) is 2.82. The van der Waals surface area contributed by atoms with Crippen molar-refractivity contribution >= 4 is 0 Å². The summed E-state index contributed by atoms with van der Waals surface area (Å²) in [5, 5.41) is 3.62. The summed E-state index contributed by atoms with van der Waals surface area (Å²) in [6.07, 6.45) is 8.60. The van der Waals surface area contributed by atoms with E-state index in [1.165, 1.54) is 32.1 Å². The Morgan fingerprint density at radius 2 is 2.00 bits per heavy atom. The third-order valence-corrected chi connectivity index (χ3v) is 3.79. The van der Waals surface area contributed by atoms with Crippen LogP contribution in [0.2, 0.25) is 0 Å². The van der Waals surface area contributed by atoms with Crippen molar-refractivity contribution in [3.05, 3.63) is 12.7 Å². The maximum Gasteiger partial charge on any atom is 0.0433 e. The first-order valence-electron chi connectivity index (χ1n) is 6.20. The minimum Gasteiger partial charge on any atom is -0.309 e. The zero-order chi connectivity index (χ0) is 11.3. The van der Waals surface area contributed by atoms with E-state index in [9.17, 15) is 0 Å². The van der Waals surface area contributed by atoms with Crippen LogP contribution in [-0.2, 0) is 0 Å². The van der Waals surface area contributed by atoms with E-state index in [1.54, 1.807) is 0 Å². The van der Waals surface area contributed by atoms with Gasteiger partial charge in [-0.2, -0.15) is 0 Å². The first kappa shape index (κ1) is 12.7. The van der Waals surface area contributed by atoms with E-state index in [1.807, 2.05) is 0 Å². The molecule has 2 nitrogen and oxygen atoms in total. The Morgan fingerprint density at radius 3 is 2.40 bits per heavy atom. The van der Waals surface area contributed by atoms with Gasteiger partial charge in [0.25, 0.3) is 0 Å². The summed E-state index contributed by atoms with van der Waals surface area (Å²) < 4.78 is 0. The van der Waals surface area contributed by atoms with Crippen LogP contribution in [0, 0.1) is 0 Å². The Hall–Kier alpha value is -0.340. The van der Waals surface area contributed by atoms with E-state index in [0.29, 0.717) is 11.6 Å². The molecular weight excluding hydrogens is 184 g/mol. The van der Waals surface area contributed by atoms with E-state index < -0.39 is 0 Å². The quantitative estimate of drug-likeness (QED) is 0.677. The van der Waals surface area contributed by atoms with Crippen molar-refractivity contribution in [1.82, 2.24) is 10.2 Å². The van der Waals surface area contributed by atoms with Crippen molar-refractivity contribution in [2.45, 2.75) is 50.6 Å². The van der Waals surface area contributed by atoms with Crippen LogP contribution in [0.25, 0.3) is 0 Å². The first-order chi connectivity index (χ1) is 7.17. The molecule has 0 bridgehead atoms. The summed E-state index contributed by atoms with van der Waals surface area (Å²) in [5.74, 6) is 0. The van der Waals surface area contributed by atoms with Crippen molar-refractivity contribution in [2.75, 3.05) is 20.6 Å². The second-order valence-electron chi connectivity index (χ2n) is 4.87. The highest BCUT2D eigenvalue weighted by atomic mass is 15.2. The number of hydrogen-bond donors (Lipinski definition) is 1. The van der Waals surface area contributed by atoms with E-state index >= 15 is 0 Å². The monoisotopic (exact) mass is 210 g/mol. The van der Waals surface area contributed by atoms with Crippen LogP contribution < -0.4 is 5.32 Å². The zero-order valence-electron chi connectivity index (χ0n) is 10.6. The van der Waals surface area contributed by atoms with Gasteiger partial charge in [-0.3, -0.25) is 0 Å². The molecule has 0 aromatic rings. The van der Waals surface area contributed by atoms with Gasteiger partial charge < -0.3 is 10.2 Å². The molecule has 1 aliphatic carbocycles. The largest absolute Gasteiger partial charge is 0.309 e. The lowest BCUT2D eigenvalue weighted by molar-refractivity contribution is 0.125. The van der Waals surface area contributed by atoms with Crippen LogP contribution in [0.15, 0.2) is 12.7 Å². The van der Waals surface area contributed by atoms with Gasteiger partial charge >= 0.3 is 0 Å². The van der Waals surface area contributed by atoms with Gasteiger partial charge in [0.15, 0.2) is 0 Å². The average Bonchev–Trinajstić information content (AvgIpc) is 2.69. The molecule has 1 atom stereocenters. The number of likely N-dealkylation sites (N-methyl/N-ethyl adjacent to an activating group) is 1. The Bertz CT molecular complexity index is 193. The van der Waals surface area contributed by atoms with E-state index in [2.05, 4.69) is 43.9 Å². The summed E-state index contributed by atoms with van der Waals surface area (Å²) in [5.41, 5.74) is 0.316. The lowest BCUT2D eigenvalue weighted by atomic mass is 9.86. The molecule has 1 aliphatic rings. The Labute approximate surface area is 94.7 Å². The molecule has 1 saturated carbocycles. The molecule has 0 heterocycles. The molecule has 1 unspecified atom stereocenters. The SMILES string of the molecule is C=CC(NCCC)C1(N(C)C)CCCC1. The standard InChI is InChI=1S/C13H26N2/c1-5-11-14-12(6-2)13(15(3)4)9-7-8-10-13/h6,12,14H,2,5,7-11H2,1,3-4H3. The summed E-state index contributed by atoms with van der Waals surface area (Å²) in [6, 6.07) is 0.440. The van der Waals surface area contributed by atoms with E-state index in [4.69, 9.17) is 0 Å². The highest BCUT2D eigenvalue weighted by molar-refractivity contribution is 5.08. The van der Waals surface area contributed by atoms with Gasteiger partial charge in [0.2, 0.25) is 0 Å². The van der Waals surface area contributed by atoms with E-state index in [0.717, 1.165) is 6.54 Å². The number of hydrogen-bond acceptors (Lipinski definition) is 2. The molecule has 1 N–H and O–H groups in total. The highest BCUT2D eigenvalue weighted by Crippen LogP contribution is 2.37. The summed E-state index contributed by atoms with van der Waals surface area (Å²) in [7, 11) is 4.41. The fourth-order valence-electron chi connectivity index (χ4n) is 2.82. The smallest absolute Gasteiger partial charge is 0.0433 e. The van der Waals surface area contributed by atoms with Crippen molar-refractivity contribution in [3.8, 4) is 0 Å². The molecule has 2 heteroatoms. The fraction of sp³-hybridized carbons (Fsp3) is 0.846. The predicted molar refractivity (Wildman–Crippen MR) is 67.2 cm³/mol. The maximum atomic E-state index is 4.00. The van der Waals surface area contributed by atoms with Gasteiger partial charge in [0.1, 0.15) is 0 Å². The minimum absolute atomic E-state index is 0.316. The van der Waals surface area contributed by atoms with Crippen LogP contribution in [-0.4, -0.2) is 37.1 Å². The Balaban J connectivity index is 2.71. The van der Waals surface area contributed by atoms with Crippen LogP contribution >= 0.6 is 0 Å². The molecule has 1 rings (SSSR count). The third kappa shape index (κ3) is 2.61. The summed E-state index contributed by atoms with van der Waals surface area (Å²) in [4.78, 5) is 2.40. The lowest BCUT2D eigenvalue weighted by Crippen LogP contribution is -2.56. The van der Waals surface area contributed by atoms with Gasteiger partial charge in [-0.05, 0) is 39.9 Å². The van der Waals surface area contributed by atoms with Crippen molar-refractivity contribution in [3.63, 3.8) is 0 Å². The average molecular weight is 210 g/mol. The summed E-state index contributed by atoms with van der Waals surface area (Å²) >= 11 is 0. The van der Waals surface area contributed by atoms with Crippen LogP contribution in [0.4, 0.5) is 0 Å². The van der Waals surface area contributed by atoms with Gasteiger partial charge in [0.05, 0.1) is 0 Å². The molecule has 0 amide bonds. The van der Waals surface area contributed by atoms with Crippen LogP contribution in [0.5, 0.6) is 0 Å². The molecule has 0 aromatic carbocycles. The molecule has 0 saturated heterocycles. The molecule has 0 radical (unpaired) electrons. The summed E-state index contributed by atoms with van der Waals surface area (Å²) in [6.45, 7) is 7.30. The molecule has 0 spiro atoms. The third-order valence-electron chi connectivity index (χ3n) is 3.79. The second-order valence-corrected chi connectivity index (χ2v) is 4.87. The van der Waals surface area contributed by atoms with Gasteiger partial charge in [-0.15, -0.1) is 6.58 Å². The van der Waals surface area contributed by atoms with Gasteiger partial charge in [-0.25, -0.2) is 0 Å². The van der Waals surface area contributed by atoms with Crippen molar-refractivity contribution in [1.29, 1.82) is 0 Å². The Kier molecular flexibility index (Phi) is 4.81. The van der Waals surface area contributed by atoms with Crippen LogP contribution in [0.3, 0.4) is 0 Å². The van der Waals surface area contributed by atoms with Gasteiger partial charge in [0, 0.05) is 11.6 Å². The topological polar surface area (TPSA) is 15.3 Å². The zero-order valence-corrected chi connectivity index (χ0v) is 10.6.